The summed E-state index contributed by atoms with van der Waals surface area (Å²) < 4.78 is 5.66. The fourth-order valence-electron chi connectivity index (χ4n) is 3.00. The van der Waals surface area contributed by atoms with E-state index < -0.39 is 0 Å². The molecule has 20 heavy (non-hydrogen) atoms. The molecule has 2 fully saturated rings. The van der Waals surface area contributed by atoms with Gasteiger partial charge in [-0.05, 0) is 45.2 Å². The van der Waals surface area contributed by atoms with Gasteiger partial charge in [-0.2, -0.15) is 0 Å². The van der Waals surface area contributed by atoms with Crippen LogP contribution in [0.4, 0.5) is 0 Å². The van der Waals surface area contributed by atoms with Crippen LogP contribution in [0.15, 0.2) is 12.1 Å². The number of nitrogens with one attached hydrogen (secondary N) is 1. The molecule has 3 unspecified atom stereocenters. The van der Waals surface area contributed by atoms with Crippen molar-refractivity contribution in [1.82, 2.24) is 10.2 Å². The van der Waals surface area contributed by atoms with Crippen molar-refractivity contribution in [3.63, 3.8) is 0 Å². The lowest BCUT2D eigenvalue weighted by Crippen LogP contribution is -2.32. The number of carbonyl (C=O) groups is 1. The Morgan fingerprint density at radius 1 is 1.50 bits per heavy atom. The molecule has 1 amide bonds. The first-order valence-corrected chi connectivity index (χ1v) is 8.21. The third kappa shape index (κ3) is 2.75. The lowest BCUT2D eigenvalue weighted by molar-refractivity contribution is -0.130. The molecule has 0 radical (unpaired) electrons. The minimum absolute atomic E-state index is 0.0394. The first-order chi connectivity index (χ1) is 9.65. The van der Waals surface area contributed by atoms with Gasteiger partial charge in [-0.1, -0.05) is 0 Å². The predicted octanol–water partition coefficient (Wildman–Crippen LogP) is 2.44. The molecule has 2 aliphatic rings. The number of thiophene rings is 1. The van der Waals surface area contributed by atoms with Crippen LogP contribution in [0.5, 0.6) is 0 Å². The number of ether oxygens (including phenoxy) is 1. The molecule has 1 N–H and O–H groups in total. The molecule has 0 saturated carbocycles. The van der Waals surface area contributed by atoms with Crippen LogP contribution in [-0.2, 0) is 9.53 Å². The van der Waals surface area contributed by atoms with E-state index in [0.717, 1.165) is 32.4 Å². The maximum absolute atomic E-state index is 12.3. The second-order valence-corrected chi connectivity index (χ2v) is 7.01. The first kappa shape index (κ1) is 14.0. The molecule has 0 bridgehead atoms. The fourth-order valence-corrected chi connectivity index (χ4v) is 3.96. The van der Waals surface area contributed by atoms with E-state index >= 15 is 0 Å². The zero-order valence-corrected chi connectivity index (χ0v) is 12.9. The zero-order valence-electron chi connectivity index (χ0n) is 12.1. The van der Waals surface area contributed by atoms with Crippen LogP contribution in [0.1, 0.15) is 42.1 Å². The van der Waals surface area contributed by atoms with Gasteiger partial charge in [-0.15, -0.1) is 11.3 Å². The standard InChI is InChI=1S/C15H22N2O2S/c1-10-5-6-13(20-10)14-16-11(2)15(18)17(14)8-7-12-4-3-9-19-12/h5-6,11-12,14,16H,3-4,7-9H2,1-2H3. The Balaban J connectivity index is 1.69. The molecule has 2 saturated heterocycles. The van der Waals surface area contributed by atoms with E-state index in [1.165, 1.54) is 9.75 Å². The van der Waals surface area contributed by atoms with Crippen LogP contribution in [-0.4, -0.2) is 36.1 Å². The van der Waals surface area contributed by atoms with Crippen LogP contribution in [0.25, 0.3) is 0 Å². The van der Waals surface area contributed by atoms with Crippen molar-refractivity contribution in [2.75, 3.05) is 13.2 Å². The summed E-state index contributed by atoms with van der Waals surface area (Å²) in [4.78, 5) is 16.8. The van der Waals surface area contributed by atoms with Crippen molar-refractivity contribution < 1.29 is 9.53 Å². The van der Waals surface area contributed by atoms with Gasteiger partial charge in [0.25, 0.3) is 0 Å². The Bertz CT molecular complexity index is 482. The van der Waals surface area contributed by atoms with Gasteiger partial charge in [0.05, 0.1) is 12.1 Å². The monoisotopic (exact) mass is 294 g/mol. The quantitative estimate of drug-likeness (QED) is 0.927. The van der Waals surface area contributed by atoms with E-state index in [1.54, 1.807) is 11.3 Å². The molecule has 1 aromatic heterocycles. The Morgan fingerprint density at radius 2 is 2.35 bits per heavy atom. The van der Waals surface area contributed by atoms with Crippen molar-refractivity contribution in [3.8, 4) is 0 Å². The highest BCUT2D eigenvalue weighted by Gasteiger charge is 2.37. The van der Waals surface area contributed by atoms with Crippen LogP contribution < -0.4 is 5.32 Å². The molecule has 3 heterocycles. The summed E-state index contributed by atoms with van der Waals surface area (Å²) in [5.41, 5.74) is 0. The van der Waals surface area contributed by atoms with Crippen LogP contribution in [0.2, 0.25) is 0 Å². The van der Waals surface area contributed by atoms with Crippen molar-refractivity contribution in [1.29, 1.82) is 0 Å². The van der Waals surface area contributed by atoms with Crippen LogP contribution >= 0.6 is 11.3 Å². The topological polar surface area (TPSA) is 41.6 Å². The lowest BCUT2D eigenvalue weighted by atomic mass is 10.1. The first-order valence-electron chi connectivity index (χ1n) is 7.39. The summed E-state index contributed by atoms with van der Waals surface area (Å²) in [5, 5.41) is 3.40. The average molecular weight is 294 g/mol. The third-order valence-corrected chi connectivity index (χ3v) is 5.17. The van der Waals surface area contributed by atoms with Gasteiger partial charge in [0.1, 0.15) is 6.17 Å². The van der Waals surface area contributed by atoms with Gasteiger partial charge >= 0.3 is 0 Å². The van der Waals surface area contributed by atoms with E-state index in [2.05, 4.69) is 24.4 Å². The Labute approximate surface area is 124 Å². The summed E-state index contributed by atoms with van der Waals surface area (Å²) in [6.07, 6.45) is 3.61. The molecule has 0 aliphatic carbocycles. The highest BCUT2D eigenvalue weighted by molar-refractivity contribution is 7.12. The van der Waals surface area contributed by atoms with E-state index in [-0.39, 0.29) is 18.1 Å². The molecule has 110 valence electrons. The molecule has 4 nitrogen and oxygen atoms in total. The van der Waals surface area contributed by atoms with E-state index in [4.69, 9.17) is 4.74 Å². The largest absolute Gasteiger partial charge is 0.378 e. The van der Waals surface area contributed by atoms with Gasteiger partial charge in [-0.25, -0.2) is 0 Å². The highest BCUT2D eigenvalue weighted by atomic mass is 32.1. The number of amides is 1. The molecule has 2 aliphatic heterocycles. The maximum atomic E-state index is 12.3. The molecule has 5 heteroatoms. The smallest absolute Gasteiger partial charge is 0.241 e. The maximum Gasteiger partial charge on any atom is 0.241 e. The Kier molecular flexibility index (Phi) is 4.10. The number of carbonyl (C=O) groups excluding carboxylic acids is 1. The molecular weight excluding hydrogens is 272 g/mol. The Hall–Kier alpha value is -0.910. The number of aryl methyl sites for hydroxylation is 1. The third-order valence-electron chi connectivity index (χ3n) is 4.12. The lowest BCUT2D eigenvalue weighted by Gasteiger charge is -2.24. The molecule has 3 rings (SSSR count). The summed E-state index contributed by atoms with van der Waals surface area (Å²) in [6, 6.07) is 4.15. The van der Waals surface area contributed by atoms with Gasteiger partial charge in [0, 0.05) is 22.9 Å². The van der Waals surface area contributed by atoms with Gasteiger partial charge in [0.2, 0.25) is 5.91 Å². The summed E-state index contributed by atoms with van der Waals surface area (Å²) in [6.45, 7) is 5.70. The summed E-state index contributed by atoms with van der Waals surface area (Å²) >= 11 is 1.76. The second kappa shape index (κ2) is 5.84. The number of hydrogen-bond acceptors (Lipinski definition) is 4. The van der Waals surface area contributed by atoms with E-state index in [9.17, 15) is 4.79 Å². The summed E-state index contributed by atoms with van der Waals surface area (Å²) in [5.74, 6) is 0.207. The van der Waals surface area contributed by atoms with Crippen molar-refractivity contribution in [2.24, 2.45) is 0 Å². The molecular formula is C15H22N2O2S. The second-order valence-electron chi connectivity index (χ2n) is 5.69. The fraction of sp³-hybridized carbons (Fsp3) is 0.667. The highest BCUT2D eigenvalue weighted by Crippen LogP contribution is 2.31. The van der Waals surface area contributed by atoms with Crippen molar-refractivity contribution in [3.05, 3.63) is 21.9 Å². The molecule has 0 aromatic carbocycles. The number of rotatable bonds is 4. The SMILES string of the molecule is Cc1ccc(C2NC(C)C(=O)N2CCC2CCCO2)s1. The van der Waals surface area contributed by atoms with Gasteiger partial charge in [-0.3, -0.25) is 10.1 Å². The minimum Gasteiger partial charge on any atom is -0.378 e. The number of nitrogens with zero attached hydrogens (tertiary/aromatic N) is 1. The molecule has 3 atom stereocenters. The van der Waals surface area contributed by atoms with Gasteiger partial charge < -0.3 is 9.64 Å². The average Bonchev–Trinajstić information content (AvgIpc) is 3.12. The number of hydrogen-bond donors (Lipinski definition) is 1. The molecule has 0 spiro atoms. The Morgan fingerprint density at radius 3 is 3.00 bits per heavy atom. The van der Waals surface area contributed by atoms with Crippen molar-refractivity contribution >= 4 is 17.2 Å². The van der Waals surface area contributed by atoms with Crippen molar-refractivity contribution in [2.45, 2.75) is 51.4 Å². The van der Waals surface area contributed by atoms with Crippen LogP contribution in [0, 0.1) is 6.92 Å². The summed E-state index contributed by atoms with van der Waals surface area (Å²) in [7, 11) is 0. The van der Waals surface area contributed by atoms with Gasteiger partial charge in [0.15, 0.2) is 0 Å². The van der Waals surface area contributed by atoms with Crippen LogP contribution in [0.3, 0.4) is 0 Å². The van der Waals surface area contributed by atoms with E-state index in [1.807, 2.05) is 11.8 Å². The van der Waals surface area contributed by atoms with E-state index in [0.29, 0.717) is 6.10 Å². The minimum atomic E-state index is -0.0908. The zero-order chi connectivity index (χ0) is 14.1. The molecule has 1 aromatic rings. The predicted molar refractivity (Wildman–Crippen MR) is 79.7 cm³/mol. The normalized spacial score (nSPS) is 30.4.